The first-order valence-corrected chi connectivity index (χ1v) is 4.84. The molecule has 5 nitrogen and oxygen atoms in total. The number of nitrogens with zero attached hydrogens (tertiary/aromatic N) is 3. The number of rotatable bonds is 2. The van der Waals surface area contributed by atoms with Crippen LogP contribution in [0.2, 0.25) is 0 Å². The molecule has 0 aliphatic heterocycles. The lowest BCUT2D eigenvalue weighted by molar-refractivity contribution is 1.00. The smallest absolute Gasteiger partial charge is 0.221 e. The second kappa shape index (κ2) is 3.67. The minimum atomic E-state index is 0.291. The average molecular weight is 207 g/mol. The SMILES string of the molecule is Cc1cc(Sc2ncc[nH]2)nc(N)n1. The molecule has 0 atom stereocenters. The normalized spacial score (nSPS) is 10.4. The van der Waals surface area contributed by atoms with Crippen molar-refractivity contribution >= 4 is 17.7 Å². The van der Waals surface area contributed by atoms with Gasteiger partial charge >= 0.3 is 0 Å². The lowest BCUT2D eigenvalue weighted by atomic mass is 10.5. The van der Waals surface area contributed by atoms with E-state index < -0.39 is 0 Å². The molecule has 2 heterocycles. The number of aryl methyl sites for hydroxylation is 1. The molecule has 0 spiro atoms. The number of nitrogens with one attached hydrogen (secondary N) is 1. The van der Waals surface area contributed by atoms with E-state index in [1.165, 1.54) is 11.8 Å². The highest BCUT2D eigenvalue weighted by Crippen LogP contribution is 2.22. The zero-order valence-corrected chi connectivity index (χ0v) is 8.38. The van der Waals surface area contributed by atoms with Crippen molar-refractivity contribution in [1.82, 2.24) is 19.9 Å². The van der Waals surface area contributed by atoms with E-state index in [2.05, 4.69) is 19.9 Å². The molecule has 0 amide bonds. The van der Waals surface area contributed by atoms with Crippen molar-refractivity contribution in [2.75, 3.05) is 5.73 Å². The van der Waals surface area contributed by atoms with Crippen molar-refractivity contribution in [3.63, 3.8) is 0 Å². The molecule has 0 aliphatic carbocycles. The third kappa shape index (κ3) is 2.02. The van der Waals surface area contributed by atoms with Crippen molar-refractivity contribution in [1.29, 1.82) is 0 Å². The summed E-state index contributed by atoms with van der Waals surface area (Å²) >= 11 is 1.42. The third-order valence-corrected chi connectivity index (χ3v) is 2.36. The standard InChI is InChI=1S/C8H9N5S/c1-5-4-6(13-7(9)12-5)14-8-10-2-3-11-8/h2-4H,1H3,(H,10,11)(H2,9,12,13). The molecule has 0 saturated carbocycles. The van der Waals surface area contributed by atoms with Crippen LogP contribution >= 0.6 is 11.8 Å². The van der Waals surface area contributed by atoms with Crippen LogP contribution in [0.5, 0.6) is 0 Å². The van der Waals surface area contributed by atoms with Gasteiger partial charge in [0.1, 0.15) is 5.03 Å². The van der Waals surface area contributed by atoms with Gasteiger partial charge in [0.15, 0.2) is 5.16 Å². The monoisotopic (exact) mass is 207 g/mol. The molecule has 0 unspecified atom stereocenters. The summed E-state index contributed by atoms with van der Waals surface area (Å²) < 4.78 is 0. The Morgan fingerprint density at radius 1 is 1.43 bits per heavy atom. The Balaban J connectivity index is 2.25. The van der Waals surface area contributed by atoms with Crippen LogP contribution < -0.4 is 5.73 Å². The molecular formula is C8H9N5S. The van der Waals surface area contributed by atoms with E-state index in [-0.39, 0.29) is 0 Å². The number of aromatic nitrogens is 4. The van der Waals surface area contributed by atoms with E-state index in [4.69, 9.17) is 5.73 Å². The van der Waals surface area contributed by atoms with Crippen LogP contribution in [0.25, 0.3) is 0 Å². The molecule has 0 aromatic carbocycles. The van der Waals surface area contributed by atoms with Gasteiger partial charge in [0, 0.05) is 18.1 Å². The van der Waals surface area contributed by atoms with Gasteiger partial charge in [-0.1, -0.05) is 0 Å². The van der Waals surface area contributed by atoms with Crippen molar-refractivity contribution < 1.29 is 0 Å². The zero-order valence-electron chi connectivity index (χ0n) is 7.56. The molecule has 0 fully saturated rings. The number of hydrogen-bond donors (Lipinski definition) is 2. The highest BCUT2D eigenvalue weighted by atomic mass is 32.2. The van der Waals surface area contributed by atoms with Gasteiger partial charge in [-0.2, -0.15) is 0 Å². The maximum atomic E-state index is 5.52. The summed E-state index contributed by atoms with van der Waals surface area (Å²) in [5.74, 6) is 0.291. The molecular weight excluding hydrogens is 198 g/mol. The first kappa shape index (κ1) is 9.01. The molecule has 72 valence electrons. The molecule has 0 saturated heterocycles. The number of nitrogen functional groups attached to an aromatic ring is 1. The van der Waals surface area contributed by atoms with Crippen LogP contribution in [-0.4, -0.2) is 19.9 Å². The summed E-state index contributed by atoms with van der Waals surface area (Å²) in [6.07, 6.45) is 3.46. The second-order valence-corrected chi connectivity index (χ2v) is 3.71. The van der Waals surface area contributed by atoms with Crippen LogP contribution in [0, 0.1) is 6.92 Å². The average Bonchev–Trinajstić information content (AvgIpc) is 2.54. The van der Waals surface area contributed by atoms with E-state index in [1.54, 1.807) is 12.4 Å². The van der Waals surface area contributed by atoms with Gasteiger partial charge in [-0.3, -0.25) is 0 Å². The molecule has 2 aromatic rings. The van der Waals surface area contributed by atoms with Crippen molar-refractivity contribution in [2.24, 2.45) is 0 Å². The summed E-state index contributed by atoms with van der Waals surface area (Å²) in [5, 5.41) is 1.59. The minimum absolute atomic E-state index is 0.291. The maximum absolute atomic E-state index is 5.52. The van der Waals surface area contributed by atoms with Crippen LogP contribution in [0.1, 0.15) is 5.69 Å². The summed E-state index contributed by atoms with van der Waals surface area (Å²) in [4.78, 5) is 15.1. The lowest BCUT2D eigenvalue weighted by Gasteiger charge is -1.99. The Morgan fingerprint density at radius 2 is 2.29 bits per heavy atom. The molecule has 3 N–H and O–H groups in total. The van der Waals surface area contributed by atoms with E-state index in [9.17, 15) is 0 Å². The lowest BCUT2D eigenvalue weighted by Crippen LogP contribution is -1.97. The fraction of sp³-hybridized carbons (Fsp3) is 0.125. The highest BCUT2D eigenvalue weighted by Gasteiger charge is 2.02. The van der Waals surface area contributed by atoms with Crippen LogP contribution in [0.3, 0.4) is 0 Å². The fourth-order valence-electron chi connectivity index (χ4n) is 1.02. The first-order valence-electron chi connectivity index (χ1n) is 4.02. The minimum Gasteiger partial charge on any atom is -0.368 e. The van der Waals surface area contributed by atoms with Crippen molar-refractivity contribution in [2.45, 2.75) is 17.1 Å². The molecule has 14 heavy (non-hydrogen) atoms. The van der Waals surface area contributed by atoms with Gasteiger partial charge in [0.2, 0.25) is 5.95 Å². The molecule has 0 radical (unpaired) electrons. The van der Waals surface area contributed by atoms with Gasteiger partial charge in [0.25, 0.3) is 0 Å². The fourth-order valence-corrected chi connectivity index (χ4v) is 1.83. The summed E-state index contributed by atoms with van der Waals surface area (Å²) in [7, 11) is 0. The second-order valence-electron chi connectivity index (χ2n) is 2.70. The summed E-state index contributed by atoms with van der Waals surface area (Å²) in [5.41, 5.74) is 6.38. The van der Waals surface area contributed by atoms with Gasteiger partial charge in [-0.25, -0.2) is 15.0 Å². The van der Waals surface area contributed by atoms with E-state index >= 15 is 0 Å². The molecule has 2 aromatic heterocycles. The van der Waals surface area contributed by atoms with Crippen LogP contribution in [0.4, 0.5) is 5.95 Å². The van der Waals surface area contributed by atoms with Gasteiger partial charge in [-0.15, -0.1) is 0 Å². The molecule has 2 rings (SSSR count). The van der Waals surface area contributed by atoms with Gasteiger partial charge < -0.3 is 10.7 Å². The number of nitrogens with two attached hydrogens (primary N) is 1. The Morgan fingerprint density at radius 3 is 2.93 bits per heavy atom. The number of anilines is 1. The van der Waals surface area contributed by atoms with Crippen molar-refractivity contribution in [3.8, 4) is 0 Å². The van der Waals surface area contributed by atoms with Crippen molar-refractivity contribution in [3.05, 3.63) is 24.2 Å². The Kier molecular flexibility index (Phi) is 2.36. The molecule has 6 heteroatoms. The van der Waals surface area contributed by atoms with Crippen LogP contribution in [0.15, 0.2) is 28.6 Å². The summed E-state index contributed by atoms with van der Waals surface area (Å²) in [6, 6.07) is 1.86. The number of imidazole rings is 1. The number of H-pyrrole nitrogens is 1. The quantitative estimate of drug-likeness (QED) is 0.724. The van der Waals surface area contributed by atoms with Crippen LogP contribution in [-0.2, 0) is 0 Å². The van der Waals surface area contributed by atoms with E-state index in [0.29, 0.717) is 5.95 Å². The topological polar surface area (TPSA) is 80.5 Å². The highest BCUT2D eigenvalue weighted by molar-refractivity contribution is 7.99. The zero-order chi connectivity index (χ0) is 9.97. The van der Waals surface area contributed by atoms with Gasteiger partial charge in [0.05, 0.1) is 0 Å². The molecule has 0 aliphatic rings. The molecule has 0 bridgehead atoms. The predicted octanol–water partition coefficient (Wildman–Crippen LogP) is 1.24. The maximum Gasteiger partial charge on any atom is 0.221 e. The Labute approximate surface area is 85.2 Å². The van der Waals surface area contributed by atoms with Gasteiger partial charge in [-0.05, 0) is 24.8 Å². The van der Waals surface area contributed by atoms with E-state index in [0.717, 1.165) is 15.9 Å². The largest absolute Gasteiger partial charge is 0.368 e. The number of aromatic amines is 1. The van der Waals surface area contributed by atoms with E-state index in [1.807, 2.05) is 13.0 Å². The first-order chi connectivity index (χ1) is 6.74. The number of hydrogen-bond acceptors (Lipinski definition) is 5. The summed E-state index contributed by atoms with van der Waals surface area (Å²) in [6.45, 7) is 1.88. The third-order valence-electron chi connectivity index (χ3n) is 1.52. The predicted molar refractivity (Wildman–Crippen MR) is 53.9 cm³/mol. The Bertz CT molecular complexity index is 405. The Hall–Kier alpha value is -1.56.